The van der Waals surface area contributed by atoms with E-state index in [9.17, 15) is 4.79 Å². The lowest BCUT2D eigenvalue weighted by atomic mass is 10.2. The van der Waals surface area contributed by atoms with Gasteiger partial charge in [0.1, 0.15) is 5.69 Å². The Kier molecular flexibility index (Phi) is 5.65. The van der Waals surface area contributed by atoms with Gasteiger partial charge in [-0.3, -0.25) is 9.78 Å². The molecule has 1 amide bonds. The van der Waals surface area contributed by atoms with Gasteiger partial charge in [0.25, 0.3) is 5.91 Å². The summed E-state index contributed by atoms with van der Waals surface area (Å²) in [5.41, 5.74) is 4.01. The first kappa shape index (κ1) is 18.9. The Morgan fingerprint density at radius 2 is 1.90 bits per heavy atom. The first-order valence-electron chi connectivity index (χ1n) is 9.82. The van der Waals surface area contributed by atoms with Crippen molar-refractivity contribution < 1.29 is 4.79 Å². The third-order valence-corrected chi connectivity index (χ3v) is 4.86. The fourth-order valence-electron chi connectivity index (χ4n) is 3.37. The lowest BCUT2D eigenvalue weighted by molar-refractivity contribution is 0.102. The third kappa shape index (κ3) is 4.87. The van der Waals surface area contributed by atoms with E-state index < -0.39 is 0 Å². The summed E-state index contributed by atoms with van der Waals surface area (Å²) in [6, 6.07) is 13.5. The number of nitrogens with zero attached hydrogens (tertiary/aromatic N) is 4. The molecule has 0 spiro atoms. The van der Waals surface area contributed by atoms with Crippen molar-refractivity contribution in [2.45, 2.75) is 26.3 Å². The predicted molar refractivity (Wildman–Crippen MR) is 114 cm³/mol. The number of carbonyl (C=O) groups is 1. The van der Waals surface area contributed by atoms with E-state index in [1.54, 1.807) is 18.5 Å². The van der Waals surface area contributed by atoms with Crippen LogP contribution in [0.5, 0.6) is 0 Å². The largest absolute Gasteiger partial charge is 0.372 e. The van der Waals surface area contributed by atoms with Gasteiger partial charge in [-0.25, -0.2) is 9.97 Å². The molecule has 7 heteroatoms. The summed E-state index contributed by atoms with van der Waals surface area (Å²) in [5.74, 6) is 0.164. The number of hydrogen-bond donors (Lipinski definition) is 2. The lowest BCUT2D eigenvalue weighted by Crippen LogP contribution is -2.18. The predicted octanol–water partition coefficient (Wildman–Crippen LogP) is 3.64. The molecule has 3 heterocycles. The molecule has 0 atom stereocenters. The highest BCUT2D eigenvalue weighted by Crippen LogP contribution is 2.22. The van der Waals surface area contributed by atoms with Crippen LogP contribution in [0, 0.1) is 6.92 Å². The Bertz CT molecular complexity index is 968. The summed E-state index contributed by atoms with van der Waals surface area (Å²) >= 11 is 0. The van der Waals surface area contributed by atoms with E-state index in [2.05, 4.69) is 30.5 Å². The molecule has 0 saturated carbocycles. The third-order valence-electron chi connectivity index (χ3n) is 4.86. The summed E-state index contributed by atoms with van der Waals surface area (Å²) in [7, 11) is 0. The molecular formula is C22H24N6O. The maximum Gasteiger partial charge on any atom is 0.274 e. The Hall–Kier alpha value is -3.48. The van der Waals surface area contributed by atoms with Gasteiger partial charge in [0.05, 0.1) is 0 Å². The average molecular weight is 388 g/mol. The second-order valence-electron chi connectivity index (χ2n) is 7.13. The number of pyridine rings is 1. The van der Waals surface area contributed by atoms with Crippen molar-refractivity contribution in [3.63, 3.8) is 0 Å². The van der Waals surface area contributed by atoms with Crippen molar-refractivity contribution >= 4 is 23.2 Å². The Morgan fingerprint density at radius 3 is 2.62 bits per heavy atom. The van der Waals surface area contributed by atoms with E-state index in [0.717, 1.165) is 30.0 Å². The minimum absolute atomic E-state index is 0.256. The highest BCUT2D eigenvalue weighted by Gasteiger charge is 2.14. The quantitative estimate of drug-likeness (QED) is 0.671. The summed E-state index contributed by atoms with van der Waals surface area (Å²) in [6.45, 7) is 4.58. The molecule has 148 valence electrons. The van der Waals surface area contributed by atoms with Gasteiger partial charge < -0.3 is 15.5 Å². The van der Waals surface area contributed by atoms with Gasteiger partial charge in [0.2, 0.25) is 5.95 Å². The molecule has 0 unspecified atom stereocenters. The number of carbonyl (C=O) groups excluding carboxylic acids is 1. The Morgan fingerprint density at radius 1 is 1.10 bits per heavy atom. The summed E-state index contributed by atoms with van der Waals surface area (Å²) in [5, 5.41) is 6.07. The van der Waals surface area contributed by atoms with E-state index in [1.807, 2.05) is 43.3 Å². The van der Waals surface area contributed by atoms with E-state index in [-0.39, 0.29) is 5.91 Å². The zero-order valence-electron chi connectivity index (χ0n) is 16.4. The van der Waals surface area contributed by atoms with Gasteiger partial charge in [-0.2, -0.15) is 0 Å². The van der Waals surface area contributed by atoms with Crippen LogP contribution in [0.4, 0.5) is 17.3 Å². The number of nitrogens with one attached hydrogen (secondary N) is 2. The van der Waals surface area contributed by atoms with E-state index >= 15 is 0 Å². The summed E-state index contributed by atoms with van der Waals surface area (Å²) in [6.07, 6.45) is 5.99. The standard InChI is InChI=1S/C22H24N6O/c1-16-13-20(27-22(25-16)24-15-17-5-4-10-23-14-17)21(29)26-18-6-8-19(9-7-18)28-11-2-3-12-28/h4-10,13-14H,2-3,11-12,15H2,1H3,(H,26,29)(H,24,25,27). The van der Waals surface area contributed by atoms with Crippen LogP contribution in [0.15, 0.2) is 54.9 Å². The normalized spacial score (nSPS) is 13.3. The van der Waals surface area contributed by atoms with Crippen molar-refractivity contribution in [2.75, 3.05) is 28.6 Å². The summed E-state index contributed by atoms with van der Waals surface area (Å²) in [4.78, 5) is 27.9. The number of benzene rings is 1. The zero-order valence-corrected chi connectivity index (χ0v) is 16.4. The molecule has 0 aliphatic carbocycles. The minimum Gasteiger partial charge on any atom is -0.372 e. The molecule has 1 aliphatic rings. The van der Waals surface area contributed by atoms with Crippen LogP contribution < -0.4 is 15.5 Å². The van der Waals surface area contributed by atoms with Gasteiger partial charge in [0, 0.05) is 49.1 Å². The number of rotatable bonds is 6. The fraction of sp³-hybridized carbons (Fsp3) is 0.273. The van der Waals surface area contributed by atoms with Crippen LogP contribution in [-0.4, -0.2) is 33.9 Å². The van der Waals surface area contributed by atoms with Gasteiger partial charge in [0.15, 0.2) is 0 Å². The molecule has 0 bridgehead atoms. The van der Waals surface area contributed by atoms with Crippen molar-refractivity contribution in [3.8, 4) is 0 Å². The monoisotopic (exact) mass is 388 g/mol. The molecule has 7 nitrogen and oxygen atoms in total. The second kappa shape index (κ2) is 8.68. The van der Waals surface area contributed by atoms with Crippen LogP contribution in [-0.2, 0) is 6.54 Å². The van der Waals surface area contributed by atoms with E-state index in [0.29, 0.717) is 18.2 Å². The van der Waals surface area contributed by atoms with E-state index in [4.69, 9.17) is 0 Å². The van der Waals surface area contributed by atoms with Crippen LogP contribution in [0.1, 0.15) is 34.6 Å². The highest BCUT2D eigenvalue weighted by molar-refractivity contribution is 6.03. The SMILES string of the molecule is Cc1cc(C(=O)Nc2ccc(N3CCCC3)cc2)nc(NCc2cccnc2)n1. The molecule has 29 heavy (non-hydrogen) atoms. The van der Waals surface area contributed by atoms with Gasteiger partial charge in [-0.1, -0.05) is 6.07 Å². The highest BCUT2D eigenvalue weighted by atomic mass is 16.1. The van der Waals surface area contributed by atoms with Crippen molar-refractivity contribution in [1.82, 2.24) is 15.0 Å². The number of aromatic nitrogens is 3. The molecule has 3 aromatic rings. The number of aryl methyl sites for hydroxylation is 1. The topological polar surface area (TPSA) is 83.0 Å². The second-order valence-corrected chi connectivity index (χ2v) is 7.13. The van der Waals surface area contributed by atoms with Gasteiger partial charge >= 0.3 is 0 Å². The van der Waals surface area contributed by atoms with Gasteiger partial charge in [-0.05, 0) is 61.7 Å². The molecule has 1 fully saturated rings. The molecule has 2 aromatic heterocycles. The molecule has 4 rings (SSSR count). The Balaban J connectivity index is 1.42. The minimum atomic E-state index is -0.256. The van der Waals surface area contributed by atoms with Crippen molar-refractivity contribution in [2.24, 2.45) is 0 Å². The lowest BCUT2D eigenvalue weighted by Gasteiger charge is -2.17. The first-order chi connectivity index (χ1) is 14.2. The molecule has 1 saturated heterocycles. The van der Waals surface area contributed by atoms with Crippen molar-refractivity contribution in [1.29, 1.82) is 0 Å². The Labute approximate surface area is 170 Å². The average Bonchev–Trinajstić information content (AvgIpc) is 3.28. The van der Waals surface area contributed by atoms with Crippen LogP contribution in [0.2, 0.25) is 0 Å². The molecule has 1 aliphatic heterocycles. The zero-order chi connectivity index (χ0) is 20.1. The molecule has 1 aromatic carbocycles. The van der Waals surface area contributed by atoms with Crippen LogP contribution in [0.3, 0.4) is 0 Å². The summed E-state index contributed by atoms with van der Waals surface area (Å²) < 4.78 is 0. The number of hydrogen-bond acceptors (Lipinski definition) is 6. The maximum absolute atomic E-state index is 12.7. The van der Waals surface area contributed by atoms with E-state index in [1.165, 1.54) is 18.5 Å². The fourth-order valence-corrected chi connectivity index (χ4v) is 3.37. The molecule has 0 radical (unpaired) electrons. The number of amides is 1. The maximum atomic E-state index is 12.7. The first-order valence-corrected chi connectivity index (χ1v) is 9.82. The molecular weight excluding hydrogens is 364 g/mol. The van der Waals surface area contributed by atoms with Crippen molar-refractivity contribution in [3.05, 3.63) is 71.8 Å². The van der Waals surface area contributed by atoms with Crippen LogP contribution in [0.25, 0.3) is 0 Å². The number of anilines is 3. The molecule has 2 N–H and O–H groups in total. The van der Waals surface area contributed by atoms with Gasteiger partial charge in [-0.15, -0.1) is 0 Å². The van der Waals surface area contributed by atoms with Crippen LogP contribution >= 0.6 is 0 Å². The smallest absolute Gasteiger partial charge is 0.274 e.